The van der Waals surface area contributed by atoms with Crippen molar-refractivity contribution in [1.29, 1.82) is 0 Å². The van der Waals surface area contributed by atoms with Crippen molar-refractivity contribution in [2.24, 2.45) is 0 Å². The van der Waals surface area contributed by atoms with E-state index in [1.54, 1.807) is 16.6 Å². The number of hydrogen-bond donors (Lipinski definition) is 2. The van der Waals surface area contributed by atoms with Crippen LogP contribution in [0.5, 0.6) is 0 Å². The summed E-state index contributed by atoms with van der Waals surface area (Å²) in [4.78, 5) is 32.6. The number of carbonyl (C=O) groups is 2. The van der Waals surface area contributed by atoms with Crippen LogP contribution in [-0.2, 0) is 16.0 Å². The summed E-state index contributed by atoms with van der Waals surface area (Å²) >= 11 is 0. The molecule has 1 aromatic carbocycles. The zero-order chi connectivity index (χ0) is 20.4. The average molecular weight is 381 g/mol. The van der Waals surface area contributed by atoms with Crippen LogP contribution < -0.4 is 5.32 Å². The van der Waals surface area contributed by atoms with Crippen LogP contribution in [0.2, 0.25) is 0 Å². The molecule has 2 heterocycles. The molecule has 0 aliphatic carbocycles. The molecule has 1 unspecified atom stereocenters. The minimum absolute atomic E-state index is 0.151. The number of rotatable bonds is 6. The van der Waals surface area contributed by atoms with E-state index >= 15 is 0 Å². The van der Waals surface area contributed by atoms with Crippen molar-refractivity contribution < 1.29 is 14.7 Å². The molecule has 1 amide bonds. The van der Waals surface area contributed by atoms with Crippen LogP contribution in [0.25, 0.3) is 5.78 Å². The first kappa shape index (κ1) is 19.5. The van der Waals surface area contributed by atoms with E-state index in [2.05, 4.69) is 20.4 Å². The number of nitrogens with zero attached hydrogens (tertiary/aromatic N) is 4. The van der Waals surface area contributed by atoms with Gasteiger partial charge >= 0.3 is 5.97 Å². The topological polar surface area (TPSA) is 109 Å². The fourth-order valence-electron chi connectivity index (χ4n) is 3.22. The molecule has 0 bridgehead atoms. The number of hydrogen-bond acceptors (Lipinski definition) is 5. The van der Waals surface area contributed by atoms with Crippen molar-refractivity contribution in [2.75, 3.05) is 0 Å². The van der Waals surface area contributed by atoms with Crippen LogP contribution >= 0.6 is 0 Å². The second-order valence-corrected chi connectivity index (χ2v) is 6.92. The minimum Gasteiger partial charge on any atom is -0.479 e. The highest BCUT2D eigenvalue weighted by Crippen LogP contribution is 2.19. The SMILES string of the molecule is Cc1ccc(C(NC(=O)CCc2c(C)nc3ncnn3c2C)C(=O)O)cc1C. The van der Waals surface area contributed by atoms with Gasteiger partial charge in [-0.1, -0.05) is 18.2 Å². The molecule has 3 aromatic rings. The quantitative estimate of drug-likeness (QED) is 0.678. The maximum atomic E-state index is 12.5. The first-order valence-electron chi connectivity index (χ1n) is 9.03. The number of fused-ring (bicyclic) bond motifs is 1. The van der Waals surface area contributed by atoms with Crippen molar-refractivity contribution in [3.8, 4) is 0 Å². The summed E-state index contributed by atoms with van der Waals surface area (Å²) in [6.07, 6.45) is 2.02. The number of carboxylic acids is 1. The Bertz CT molecular complexity index is 1060. The Balaban J connectivity index is 1.73. The first-order valence-corrected chi connectivity index (χ1v) is 9.03. The number of benzene rings is 1. The molecule has 2 N–H and O–H groups in total. The molecule has 146 valence electrons. The van der Waals surface area contributed by atoms with Gasteiger partial charge in [-0.15, -0.1) is 0 Å². The molecule has 0 aliphatic rings. The van der Waals surface area contributed by atoms with E-state index in [1.165, 1.54) is 6.33 Å². The zero-order valence-corrected chi connectivity index (χ0v) is 16.4. The van der Waals surface area contributed by atoms with Gasteiger partial charge in [0.05, 0.1) is 0 Å². The normalized spacial score (nSPS) is 12.1. The zero-order valence-electron chi connectivity index (χ0n) is 16.4. The second kappa shape index (κ2) is 7.75. The van der Waals surface area contributed by atoms with E-state index < -0.39 is 12.0 Å². The van der Waals surface area contributed by atoms with E-state index in [1.807, 2.05) is 33.8 Å². The van der Waals surface area contributed by atoms with Crippen LogP contribution in [-0.4, -0.2) is 36.6 Å². The number of aliphatic carboxylic acids is 1. The molecule has 28 heavy (non-hydrogen) atoms. The third-order valence-corrected chi connectivity index (χ3v) is 5.01. The molecule has 1 atom stereocenters. The van der Waals surface area contributed by atoms with Gasteiger partial charge in [0, 0.05) is 17.8 Å². The summed E-state index contributed by atoms with van der Waals surface area (Å²) in [7, 11) is 0. The summed E-state index contributed by atoms with van der Waals surface area (Å²) in [5.41, 5.74) is 5.18. The standard InChI is InChI=1S/C20H23N5O3/c1-11-5-6-15(9-12(11)2)18(19(27)28)24-17(26)8-7-16-13(3)23-20-21-10-22-25(20)14(16)4/h5-6,9-10,18H,7-8H2,1-4H3,(H,24,26)(H,27,28). The van der Waals surface area contributed by atoms with Crippen LogP contribution in [0.15, 0.2) is 24.5 Å². The minimum atomic E-state index is -1.09. The number of amides is 1. The number of nitrogens with one attached hydrogen (secondary N) is 1. The summed E-state index contributed by atoms with van der Waals surface area (Å²) < 4.78 is 1.63. The molecule has 0 aliphatic heterocycles. The van der Waals surface area contributed by atoms with Gasteiger partial charge in [-0.05, 0) is 56.4 Å². The largest absolute Gasteiger partial charge is 0.479 e. The van der Waals surface area contributed by atoms with Gasteiger partial charge in [-0.3, -0.25) is 4.79 Å². The van der Waals surface area contributed by atoms with Gasteiger partial charge in [-0.2, -0.15) is 10.1 Å². The predicted molar refractivity (Wildman–Crippen MR) is 103 cm³/mol. The Labute approximate surface area is 162 Å². The van der Waals surface area contributed by atoms with Gasteiger partial charge in [0.25, 0.3) is 5.78 Å². The molecule has 0 radical (unpaired) electrons. The van der Waals surface area contributed by atoms with E-state index in [0.29, 0.717) is 17.8 Å². The Morgan fingerprint density at radius 2 is 1.93 bits per heavy atom. The van der Waals surface area contributed by atoms with E-state index in [0.717, 1.165) is 28.1 Å². The lowest BCUT2D eigenvalue weighted by atomic mass is 10.0. The second-order valence-electron chi connectivity index (χ2n) is 6.92. The lowest BCUT2D eigenvalue weighted by molar-refractivity contribution is -0.142. The molecule has 0 spiro atoms. The van der Waals surface area contributed by atoms with Gasteiger partial charge in [0.15, 0.2) is 6.04 Å². The Morgan fingerprint density at radius 1 is 1.18 bits per heavy atom. The molecule has 8 heteroatoms. The molecule has 0 saturated heterocycles. The molecular weight excluding hydrogens is 358 g/mol. The highest BCUT2D eigenvalue weighted by Gasteiger charge is 2.23. The maximum Gasteiger partial charge on any atom is 0.330 e. The van der Waals surface area contributed by atoms with E-state index in [4.69, 9.17) is 0 Å². The lowest BCUT2D eigenvalue weighted by Crippen LogP contribution is -2.34. The summed E-state index contributed by atoms with van der Waals surface area (Å²) in [6, 6.07) is 4.31. The first-order chi connectivity index (χ1) is 13.3. The number of aryl methyl sites for hydroxylation is 4. The number of carboxylic acid groups (broad SMARTS) is 1. The third-order valence-electron chi connectivity index (χ3n) is 5.01. The smallest absolute Gasteiger partial charge is 0.330 e. The highest BCUT2D eigenvalue weighted by atomic mass is 16.4. The van der Waals surface area contributed by atoms with E-state index in [-0.39, 0.29) is 12.3 Å². The van der Waals surface area contributed by atoms with Crippen molar-refractivity contribution >= 4 is 17.7 Å². The number of aromatic nitrogens is 4. The molecule has 2 aromatic heterocycles. The Morgan fingerprint density at radius 3 is 2.61 bits per heavy atom. The van der Waals surface area contributed by atoms with Crippen molar-refractivity contribution in [3.05, 3.63) is 58.2 Å². The van der Waals surface area contributed by atoms with Gasteiger partial charge in [0.1, 0.15) is 6.33 Å². The fraction of sp³-hybridized carbons (Fsp3) is 0.350. The van der Waals surface area contributed by atoms with Crippen molar-refractivity contribution in [3.63, 3.8) is 0 Å². The van der Waals surface area contributed by atoms with Crippen LogP contribution in [0.4, 0.5) is 0 Å². The van der Waals surface area contributed by atoms with Gasteiger partial charge in [0.2, 0.25) is 5.91 Å². The molecular formula is C20H23N5O3. The Hall–Kier alpha value is -3.29. The summed E-state index contributed by atoms with van der Waals surface area (Å²) in [5, 5.41) is 16.3. The van der Waals surface area contributed by atoms with Crippen molar-refractivity contribution in [2.45, 2.75) is 46.6 Å². The summed E-state index contributed by atoms with van der Waals surface area (Å²) in [6.45, 7) is 7.64. The Kier molecular flexibility index (Phi) is 5.39. The third kappa shape index (κ3) is 3.85. The maximum absolute atomic E-state index is 12.5. The van der Waals surface area contributed by atoms with Crippen LogP contribution in [0.3, 0.4) is 0 Å². The van der Waals surface area contributed by atoms with Crippen LogP contribution in [0, 0.1) is 27.7 Å². The average Bonchev–Trinajstić information content (AvgIpc) is 3.10. The van der Waals surface area contributed by atoms with E-state index in [9.17, 15) is 14.7 Å². The fourth-order valence-corrected chi connectivity index (χ4v) is 3.22. The van der Waals surface area contributed by atoms with Crippen LogP contribution in [0.1, 0.15) is 46.1 Å². The monoisotopic (exact) mass is 381 g/mol. The van der Waals surface area contributed by atoms with Crippen molar-refractivity contribution in [1.82, 2.24) is 24.9 Å². The summed E-state index contributed by atoms with van der Waals surface area (Å²) in [5.74, 6) is -0.901. The highest BCUT2D eigenvalue weighted by molar-refractivity contribution is 5.84. The van der Waals surface area contributed by atoms with Gasteiger partial charge < -0.3 is 10.4 Å². The molecule has 0 saturated carbocycles. The molecule has 3 rings (SSSR count). The molecule has 8 nitrogen and oxygen atoms in total. The number of carbonyl (C=O) groups excluding carboxylic acids is 1. The predicted octanol–water partition coefficient (Wildman–Crippen LogP) is 2.23. The lowest BCUT2D eigenvalue weighted by Gasteiger charge is -2.17. The molecule has 0 fully saturated rings. The van der Waals surface area contributed by atoms with Gasteiger partial charge in [-0.25, -0.2) is 14.3 Å².